The largest absolute Gasteiger partial charge is 0.352 e. The Labute approximate surface area is 162 Å². The number of para-hydroxylation sites is 1. The summed E-state index contributed by atoms with van der Waals surface area (Å²) in [6, 6.07) is 8.36. The highest BCUT2D eigenvalue weighted by molar-refractivity contribution is 8.01. The van der Waals surface area contributed by atoms with E-state index < -0.39 is 0 Å². The predicted octanol–water partition coefficient (Wildman–Crippen LogP) is 4.76. The van der Waals surface area contributed by atoms with E-state index in [4.69, 9.17) is 12.2 Å². The number of aryl methyl sites for hydroxylation is 1. The van der Waals surface area contributed by atoms with Crippen molar-refractivity contribution in [1.29, 1.82) is 0 Å². The first-order chi connectivity index (χ1) is 12.0. The van der Waals surface area contributed by atoms with E-state index in [1.165, 1.54) is 42.4 Å². The highest BCUT2D eigenvalue weighted by Crippen LogP contribution is 2.26. The van der Waals surface area contributed by atoms with Crippen molar-refractivity contribution in [3.8, 4) is 5.69 Å². The number of nitrogens with one attached hydrogen (secondary N) is 1. The van der Waals surface area contributed by atoms with Crippen molar-refractivity contribution in [1.82, 2.24) is 15.1 Å². The third-order valence-electron chi connectivity index (χ3n) is 4.66. The number of amides is 1. The zero-order valence-corrected chi connectivity index (χ0v) is 17.0. The topological polar surface area (TPSA) is 46.9 Å². The molecule has 1 saturated carbocycles. The van der Waals surface area contributed by atoms with Gasteiger partial charge in [0.05, 0.1) is 11.4 Å². The highest BCUT2D eigenvalue weighted by Gasteiger charge is 2.22. The molecule has 1 aromatic heterocycles. The van der Waals surface area contributed by atoms with Gasteiger partial charge >= 0.3 is 0 Å². The van der Waals surface area contributed by atoms with Gasteiger partial charge in [-0.25, -0.2) is 4.68 Å². The summed E-state index contributed by atoms with van der Waals surface area (Å²) in [6.07, 6.45) is 4.80. The summed E-state index contributed by atoms with van der Waals surface area (Å²) in [5, 5.41) is 7.77. The summed E-state index contributed by atoms with van der Waals surface area (Å²) < 4.78 is 3.33. The molecule has 1 aliphatic rings. The number of hydrogen-bond donors (Lipinski definition) is 1. The first-order valence-corrected chi connectivity index (χ1v) is 10.8. The molecule has 1 aromatic carbocycles. The summed E-state index contributed by atoms with van der Waals surface area (Å²) in [4.78, 5) is 12.3. The minimum atomic E-state index is 0.0901. The number of carbonyl (C=O) groups is 1. The molecular weight excluding hydrogens is 370 g/mol. The number of nitrogens with zero attached hydrogens (tertiary/aromatic N) is 2. The quantitative estimate of drug-likeness (QED) is 0.588. The maximum Gasteiger partial charge on any atom is 0.230 e. The lowest BCUT2D eigenvalue weighted by Crippen LogP contribution is -2.41. The molecule has 1 N–H and O–H groups in total. The van der Waals surface area contributed by atoms with Crippen molar-refractivity contribution in [2.75, 3.05) is 5.75 Å². The van der Waals surface area contributed by atoms with Crippen molar-refractivity contribution < 1.29 is 4.79 Å². The highest BCUT2D eigenvalue weighted by atomic mass is 32.2. The molecule has 0 unspecified atom stereocenters. The van der Waals surface area contributed by atoms with Gasteiger partial charge in [-0.05, 0) is 49.5 Å². The van der Waals surface area contributed by atoms with Crippen LogP contribution in [-0.2, 0) is 4.79 Å². The predicted molar refractivity (Wildman–Crippen MR) is 107 cm³/mol. The SMILES string of the molecule is Cc1ccccc1-n1nc(SCC(=O)N[C@H]2CCCC[C@@H]2C)sc1=S. The van der Waals surface area contributed by atoms with Crippen LogP contribution in [0.3, 0.4) is 0 Å². The minimum Gasteiger partial charge on any atom is -0.352 e. The first-order valence-electron chi connectivity index (χ1n) is 8.63. The second kappa shape index (κ2) is 8.47. The van der Waals surface area contributed by atoms with Gasteiger partial charge in [0.1, 0.15) is 0 Å². The zero-order valence-electron chi connectivity index (χ0n) is 14.5. The van der Waals surface area contributed by atoms with Crippen LogP contribution in [0, 0.1) is 16.8 Å². The lowest BCUT2D eigenvalue weighted by Gasteiger charge is -2.29. The fourth-order valence-electron chi connectivity index (χ4n) is 3.18. The maximum absolute atomic E-state index is 12.3. The molecule has 134 valence electrons. The first kappa shape index (κ1) is 18.6. The van der Waals surface area contributed by atoms with E-state index in [1.54, 1.807) is 4.68 Å². The average molecular weight is 394 g/mol. The smallest absolute Gasteiger partial charge is 0.230 e. The maximum atomic E-state index is 12.3. The summed E-state index contributed by atoms with van der Waals surface area (Å²) in [7, 11) is 0. The molecule has 25 heavy (non-hydrogen) atoms. The van der Waals surface area contributed by atoms with E-state index in [-0.39, 0.29) is 5.91 Å². The summed E-state index contributed by atoms with van der Waals surface area (Å²) in [5.74, 6) is 1.05. The van der Waals surface area contributed by atoms with Gasteiger partial charge in [0.2, 0.25) is 5.91 Å². The van der Waals surface area contributed by atoms with E-state index >= 15 is 0 Å². The van der Waals surface area contributed by atoms with Crippen molar-refractivity contribution >= 4 is 41.2 Å². The second-order valence-corrected chi connectivity index (χ2v) is 9.40. The van der Waals surface area contributed by atoms with Crippen LogP contribution >= 0.6 is 35.3 Å². The van der Waals surface area contributed by atoms with Crippen molar-refractivity contribution in [3.05, 3.63) is 33.8 Å². The van der Waals surface area contributed by atoms with Crippen molar-refractivity contribution in [3.63, 3.8) is 0 Å². The van der Waals surface area contributed by atoms with Crippen LogP contribution in [0.4, 0.5) is 0 Å². The van der Waals surface area contributed by atoms with Gasteiger partial charge in [-0.1, -0.05) is 61.1 Å². The van der Waals surface area contributed by atoms with Crippen LogP contribution in [0.5, 0.6) is 0 Å². The molecule has 7 heteroatoms. The Morgan fingerprint density at radius 2 is 2.16 bits per heavy atom. The van der Waals surface area contributed by atoms with Crippen molar-refractivity contribution in [2.45, 2.75) is 49.9 Å². The number of hydrogen-bond acceptors (Lipinski definition) is 5. The lowest BCUT2D eigenvalue weighted by atomic mass is 9.86. The van der Waals surface area contributed by atoms with Crippen LogP contribution in [0.25, 0.3) is 5.69 Å². The van der Waals surface area contributed by atoms with Gasteiger partial charge in [-0.3, -0.25) is 4.79 Å². The number of rotatable bonds is 5. The van der Waals surface area contributed by atoms with E-state index in [2.05, 4.69) is 17.3 Å². The number of carbonyl (C=O) groups excluding carboxylic acids is 1. The lowest BCUT2D eigenvalue weighted by molar-refractivity contribution is -0.119. The van der Waals surface area contributed by atoms with Gasteiger partial charge in [0.25, 0.3) is 0 Å². The standard InChI is InChI=1S/C18H23N3OS3/c1-12-7-3-5-9-14(12)19-16(22)11-24-17-20-21(18(23)25-17)15-10-6-4-8-13(15)2/h4,6,8,10,12,14H,3,5,7,9,11H2,1-2H3,(H,19,22)/t12-,14-/m0/s1. The van der Waals surface area contributed by atoms with Crippen molar-refractivity contribution in [2.24, 2.45) is 5.92 Å². The third kappa shape index (κ3) is 4.71. The van der Waals surface area contributed by atoms with E-state index in [1.807, 2.05) is 31.2 Å². The van der Waals surface area contributed by atoms with Gasteiger partial charge in [-0.15, -0.1) is 5.10 Å². The Balaban J connectivity index is 1.61. The molecule has 0 bridgehead atoms. The molecule has 2 atom stereocenters. The average Bonchev–Trinajstić information content (AvgIpc) is 2.96. The molecule has 1 aliphatic carbocycles. The Morgan fingerprint density at radius 3 is 2.92 bits per heavy atom. The second-order valence-electron chi connectivity index (χ2n) is 6.56. The summed E-state index contributed by atoms with van der Waals surface area (Å²) >= 11 is 8.36. The summed E-state index contributed by atoms with van der Waals surface area (Å²) in [6.45, 7) is 4.27. The number of aromatic nitrogens is 2. The van der Waals surface area contributed by atoms with Crippen LogP contribution < -0.4 is 5.32 Å². The van der Waals surface area contributed by atoms with Gasteiger partial charge in [-0.2, -0.15) is 0 Å². The fourth-order valence-corrected chi connectivity index (χ4v) is 5.34. The Kier molecular flexibility index (Phi) is 6.30. The van der Waals surface area contributed by atoms with E-state index in [0.717, 1.165) is 22.0 Å². The van der Waals surface area contributed by atoms with Gasteiger partial charge < -0.3 is 5.32 Å². The van der Waals surface area contributed by atoms with Gasteiger partial charge in [0, 0.05) is 6.04 Å². The van der Waals surface area contributed by atoms with Crippen LogP contribution in [0.1, 0.15) is 38.2 Å². The number of thioether (sulfide) groups is 1. The zero-order chi connectivity index (χ0) is 17.8. The summed E-state index contributed by atoms with van der Waals surface area (Å²) in [5.41, 5.74) is 2.13. The molecule has 1 amide bonds. The minimum absolute atomic E-state index is 0.0901. The molecule has 0 spiro atoms. The molecule has 0 aliphatic heterocycles. The molecular formula is C18H23N3OS3. The van der Waals surface area contributed by atoms with Crippen LogP contribution in [-0.4, -0.2) is 27.5 Å². The molecule has 4 nitrogen and oxygen atoms in total. The monoisotopic (exact) mass is 393 g/mol. The van der Waals surface area contributed by atoms with Crippen LogP contribution in [0.2, 0.25) is 0 Å². The molecule has 1 heterocycles. The normalized spacial score (nSPS) is 20.4. The Morgan fingerprint density at radius 1 is 1.40 bits per heavy atom. The molecule has 0 radical (unpaired) electrons. The third-order valence-corrected chi connectivity index (χ3v) is 7.02. The Bertz CT molecular complexity index is 799. The van der Waals surface area contributed by atoms with Gasteiger partial charge in [0.15, 0.2) is 8.29 Å². The Hall–Kier alpha value is -1.18. The van der Waals surface area contributed by atoms with Crippen LogP contribution in [0.15, 0.2) is 28.6 Å². The molecule has 2 aromatic rings. The van der Waals surface area contributed by atoms with E-state index in [0.29, 0.717) is 21.7 Å². The fraction of sp³-hybridized carbons (Fsp3) is 0.500. The number of benzene rings is 1. The molecule has 0 saturated heterocycles. The molecule has 1 fully saturated rings. The molecule has 3 rings (SSSR count). The van der Waals surface area contributed by atoms with E-state index in [9.17, 15) is 4.79 Å².